The molecule has 1 rings (SSSR count). The van der Waals surface area contributed by atoms with E-state index in [9.17, 15) is 0 Å². The molecular formula is C11H17NOS. The van der Waals surface area contributed by atoms with Crippen LogP contribution in [-0.4, -0.2) is 18.4 Å². The molecule has 0 saturated carbocycles. The first-order valence-electron chi connectivity index (χ1n) is 4.69. The number of hydrogen-bond acceptors (Lipinski definition) is 3. The van der Waals surface area contributed by atoms with Crippen molar-refractivity contribution in [2.45, 2.75) is 30.0 Å². The lowest BCUT2D eigenvalue weighted by Gasteiger charge is -2.15. The Bertz CT molecular complexity index is 288. The van der Waals surface area contributed by atoms with Gasteiger partial charge >= 0.3 is 0 Å². The van der Waals surface area contributed by atoms with Crippen LogP contribution in [0.5, 0.6) is 5.75 Å². The van der Waals surface area contributed by atoms with E-state index in [1.54, 1.807) is 18.9 Å². The Hall–Kier alpha value is -0.670. The summed E-state index contributed by atoms with van der Waals surface area (Å²) >= 11 is 1.78. The first-order chi connectivity index (χ1) is 6.63. The van der Waals surface area contributed by atoms with Crippen LogP contribution < -0.4 is 10.5 Å². The molecule has 2 unspecified atom stereocenters. The molecule has 0 radical (unpaired) electrons. The first kappa shape index (κ1) is 11.4. The highest BCUT2D eigenvalue weighted by Crippen LogP contribution is 2.27. The van der Waals surface area contributed by atoms with Gasteiger partial charge in [0.1, 0.15) is 5.75 Å². The quantitative estimate of drug-likeness (QED) is 0.777. The third-order valence-electron chi connectivity index (χ3n) is 2.10. The summed E-state index contributed by atoms with van der Waals surface area (Å²) in [6.45, 7) is 4.16. The van der Waals surface area contributed by atoms with Gasteiger partial charge in [0.05, 0.1) is 7.11 Å². The van der Waals surface area contributed by atoms with Crippen molar-refractivity contribution in [2.24, 2.45) is 5.73 Å². The van der Waals surface area contributed by atoms with E-state index in [0.717, 1.165) is 5.75 Å². The van der Waals surface area contributed by atoms with E-state index in [1.807, 2.05) is 25.1 Å². The summed E-state index contributed by atoms with van der Waals surface area (Å²) in [6.07, 6.45) is 0. The SMILES string of the molecule is COc1cccc(SC(C)C(C)N)c1. The maximum atomic E-state index is 5.80. The summed E-state index contributed by atoms with van der Waals surface area (Å²) in [7, 11) is 1.68. The normalized spacial score (nSPS) is 14.9. The number of nitrogens with two attached hydrogens (primary N) is 1. The molecule has 0 aromatic heterocycles. The summed E-state index contributed by atoms with van der Waals surface area (Å²) in [5.74, 6) is 0.895. The van der Waals surface area contributed by atoms with Crippen LogP contribution in [0.1, 0.15) is 13.8 Å². The average Bonchev–Trinajstić information content (AvgIpc) is 2.18. The molecule has 0 aliphatic carbocycles. The molecule has 2 N–H and O–H groups in total. The van der Waals surface area contributed by atoms with Crippen LogP contribution in [0, 0.1) is 0 Å². The second kappa shape index (κ2) is 5.27. The fourth-order valence-corrected chi connectivity index (χ4v) is 1.98. The van der Waals surface area contributed by atoms with E-state index in [1.165, 1.54) is 4.90 Å². The number of benzene rings is 1. The molecule has 0 aliphatic heterocycles. The van der Waals surface area contributed by atoms with E-state index in [4.69, 9.17) is 10.5 Å². The Labute approximate surface area is 89.8 Å². The molecule has 0 fully saturated rings. The van der Waals surface area contributed by atoms with Crippen LogP contribution in [0.3, 0.4) is 0 Å². The molecule has 78 valence electrons. The van der Waals surface area contributed by atoms with Crippen molar-refractivity contribution in [3.63, 3.8) is 0 Å². The van der Waals surface area contributed by atoms with Gasteiger partial charge < -0.3 is 10.5 Å². The number of rotatable bonds is 4. The molecule has 0 spiro atoms. The van der Waals surface area contributed by atoms with Gasteiger partial charge in [-0.3, -0.25) is 0 Å². The third-order valence-corrected chi connectivity index (χ3v) is 3.43. The molecule has 0 heterocycles. The van der Waals surface area contributed by atoms with Crippen LogP contribution in [0.4, 0.5) is 0 Å². The van der Waals surface area contributed by atoms with Gasteiger partial charge in [-0.1, -0.05) is 13.0 Å². The van der Waals surface area contributed by atoms with Crippen molar-refractivity contribution in [1.82, 2.24) is 0 Å². The van der Waals surface area contributed by atoms with Crippen LogP contribution >= 0.6 is 11.8 Å². The van der Waals surface area contributed by atoms with Crippen LogP contribution in [-0.2, 0) is 0 Å². The average molecular weight is 211 g/mol. The zero-order valence-electron chi connectivity index (χ0n) is 8.86. The predicted octanol–water partition coefficient (Wildman–Crippen LogP) is 2.52. The van der Waals surface area contributed by atoms with Crippen molar-refractivity contribution in [1.29, 1.82) is 0 Å². The Balaban J connectivity index is 2.66. The number of methoxy groups -OCH3 is 1. The summed E-state index contributed by atoms with van der Waals surface area (Å²) in [6, 6.07) is 8.25. The Morgan fingerprint density at radius 3 is 2.64 bits per heavy atom. The maximum absolute atomic E-state index is 5.80. The van der Waals surface area contributed by atoms with Gasteiger partial charge in [-0.15, -0.1) is 11.8 Å². The molecule has 1 aromatic carbocycles. The van der Waals surface area contributed by atoms with Crippen LogP contribution in [0.15, 0.2) is 29.2 Å². The lowest BCUT2D eigenvalue weighted by molar-refractivity contribution is 0.413. The summed E-state index contributed by atoms with van der Waals surface area (Å²) in [5, 5.41) is 0.419. The van der Waals surface area contributed by atoms with Gasteiger partial charge in [-0.25, -0.2) is 0 Å². The summed E-state index contributed by atoms with van der Waals surface area (Å²) in [5.41, 5.74) is 5.80. The van der Waals surface area contributed by atoms with Gasteiger partial charge in [0, 0.05) is 16.2 Å². The van der Waals surface area contributed by atoms with E-state index >= 15 is 0 Å². The van der Waals surface area contributed by atoms with E-state index in [-0.39, 0.29) is 6.04 Å². The largest absolute Gasteiger partial charge is 0.497 e. The minimum absolute atomic E-state index is 0.200. The van der Waals surface area contributed by atoms with Gasteiger partial charge in [-0.05, 0) is 25.1 Å². The molecule has 0 amide bonds. The second-order valence-corrected chi connectivity index (χ2v) is 4.81. The summed E-state index contributed by atoms with van der Waals surface area (Å²) in [4.78, 5) is 1.20. The second-order valence-electron chi connectivity index (χ2n) is 3.36. The maximum Gasteiger partial charge on any atom is 0.119 e. The van der Waals surface area contributed by atoms with Crippen molar-refractivity contribution >= 4 is 11.8 Å². The molecule has 2 nitrogen and oxygen atoms in total. The van der Waals surface area contributed by atoms with E-state index in [0.29, 0.717) is 5.25 Å². The van der Waals surface area contributed by atoms with Gasteiger partial charge in [0.15, 0.2) is 0 Å². The molecule has 0 bridgehead atoms. The van der Waals surface area contributed by atoms with Crippen molar-refractivity contribution in [3.05, 3.63) is 24.3 Å². The number of thioether (sulfide) groups is 1. The molecule has 2 atom stereocenters. The highest BCUT2D eigenvalue weighted by atomic mass is 32.2. The minimum atomic E-state index is 0.200. The molecule has 0 saturated heterocycles. The van der Waals surface area contributed by atoms with Crippen LogP contribution in [0.2, 0.25) is 0 Å². The van der Waals surface area contributed by atoms with Gasteiger partial charge in [0.2, 0.25) is 0 Å². The molecule has 14 heavy (non-hydrogen) atoms. The predicted molar refractivity (Wildman–Crippen MR) is 62.0 cm³/mol. The zero-order chi connectivity index (χ0) is 10.6. The standard InChI is InChI=1S/C11H17NOS/c1-8(12)9(2)14-11-6-4-5-10(7-11)13-3/h4-9H,12H2,1-3H3. The topological polar surface area (TPSA) is 35.2 Å². The molecule has 3 heteroatoms. The lowest BCUT2D eigenvalue weighted by Crippen LogP contribution is -2.26. The minimum Gasteiger partial charge on any atom is -0.497 e. The Morgan fingerprint density at radius 1 is 1.36 bits per heavy atom. The van der Waals surface area contributed by atoms with E-state index < -0.39 is 0 Å². The highest BCUT2D eigenvalue weighted by molar-refractivity contribution is 8.00. The van der Waals surface area contributed by atoms with Crippen molar-refractivity contribution < 1.29 is 4.74 Å². The molecular weight excluding hydrogens is 194 g/mol. The third kappa shape index (κ3) is 3.24. The molecule has 0 aliphatic rings. The number of hydrogen-bond donors (Lipinski definition) is 1. The number of ether oxygens (including phenoxy) is 1. The molecule has 1 aromatic rings. The van der Waals surface area contributed by atoms with Crippen LogP contribution in [0.25, 0.3) is 0 Å². The van der Waals surface area contributed by atoms with Gasteiger partial charge in [-0.2, -0.15) is 0 Å². The van der Waals surface area contributed by atoms with Crippen molar-refractivity contribution in [3.8, 4) is 5.75 Å². The lowest BCUT2D eigenvalue weighted by atomic mass is 10.3. The van der Waals surface area contributed by atoms with Gasteiger partial charge in [0.25, 0.3) is 0 Å². The Kier molecular flexibility index (Phi) is 4.29. The monoisotopic (exact) mass is 211 g/mol. The highest BCUT2D eigenvalue weighted by Gasteiger charge is 2.09. The van der Waals surface area contributed by atoms with Crippen molar-refractivity contribution in [2.75, 3.05) is 7.11 Å². The fourth-order valence-electron chi connectivity index (χ4n) is 0.996. The summed E-state index contributed by atoms with van der Waals surface area (Å²) < 4.78 is 5.15. The fraction of sp³-hybridized carbons (Fsp3) is 0.455. The Morgan fingerprint density at radius 2 is 2.07 bits per heavy atom. The smallest absolute Gasteiger partial charge is 0.119 e. The first-order valence-corrected chi connectivity index (χ1v) is 5.57. The zero-order valence-corrected chi connectivity index (χ0v) is 9.67. The van der Waals surface area contributed by atoms with E-state index in [2.05, 4.69) is 13.0 Å².